The van der Waals surface area contributed by atoms with E-state index in [1.54, 1.807) is 6.20 Å². The molecule has 0 unspecified atom stereocenters. The van der Waals surface area contributed by atoms with Gasteiger partial charge in [0, 0.05) is 18.9 Å². The molecule has 5 heteroatoms. The number of aromatic nitrogens is 2. The first-order valence-electron chi connectivity index (χ1n) is 6.37. The third-order valence-electron chi connectivity index (χ3n) is 3.57. The van der Waals surface area contributed by atoms with Gasteiger partial charge in [-0.25, -0.2) is 4.98 Å². The Balaban J connectivity index is 1.88. The van der Waals surface area contributed by atoms with Crippen molar-refractivity contribution in [1.29, 1.82) is 0 Å². The maximum atomic E-state index is 8.73. The largest absolute Gasteiger partial charge is 0.409 e. The summed E-state index contributed by atoms with van der Waals surface area (Å²) in [5.74, 6) is 0.522. The Labute approximate surface area is 111 Å². The number of amidine groups is 1. The molecule has 1 aromatic heterocycles. The highest BCUT2D eigenvalue weighted by molar-refractivity contribution is 5.93. The second kappa shape index (κ2) is 4.76. The first-order valence-corrected chi connectivity index (χ1v) is 6.37. The van der Waals surface area contributed by atoms with Gasteiger partial charge in [0.05, 0.1) is 0 Å². The smallest absolute Gasteiger partial charge is 0.206 e. The maximum absolute atomic E-state index is 8.73. The zero-order chi connectivity index (χ0) is 13.2. The van der Waals surface area contributed by atoms with Crippen molar-refractivity contribution < 1.29 is 5.21 Å². The molecule has 3 rings (SSSR count). The quantitative estimate of drug-likeness (QED) is 0.378. The van der Waals surface area contributed by atoms with Crippen LogP contribution in [0.5, 0.6) is 0 Å². The minimum Gasteiger partial charge on any atom is -0.409 e. The average Bonchev–Trinajstić information content (AvgIpc) is 3.06. The lowest BCUT2D eigenvalue weighted by molar-refractivity contribution is 0.318. The number of hydrogen-bond donors (Lipinski definition) is 2. The maximum Gasteiger partial charge on any atom is 0.206 e. The molecule has 1 aliphatic carbocycles. The van der Waals surface area contributed by atoms with E-state index < -0.39 is 0 Å². The van der Waals surface area contributed by atoms with Crippen molar-refractivity contribution in [2.24, 2.45) is 10.9 Å². The lowest BCUT2D eigenvalue weighted by Gasteiger charge is -2.08. The molecule has 0 aliphatic heterocycles. The van der Waals surface area contributed by atoms with Gasteiger partial charge in [-0.2, -0.15) is 0 Å². The molecular weight excluding hydrogens is 240 g/mol. The number of aryl methyl sites for hydroxylation is 2. The molecule has 3 N–H and O–H groups in total. The normalized spacial score (nSPS) is 14.6. The van der Waals surface area contributed by atoms with Gasteiger partial charge in [-0.1, -0.05) is 23.4 Å². The molecular formula is C14H16N4O. The zero-order valence-electron chi connectivity index (χ0n) is 10.6. The van der Waals surface area contributed by atoms with E-state index in [9.17, 15) is 0 Å². The number of benzene rings is 1. The lowest BCUT2D eigenvalue weighted by atomic mass is 10.1. The van der Waals surface area contributed by atoms with Gasteiger partial charge in [0.2, 0.25) is 5.84 Å². The highest BCUT2D eigenvalue weighted by atomic mass is 16.4. The van der Waals surface area contributed by atoms with Crippen molar-refractivity contribution >= 4 is 5.84 Å². The van der Waals surface area contributed by atoms with Crippen LogP contribution in [-0.4, -0.2) is 20.6 Å². The fraction of sp³-hybridized carbons (Fsp3) is 0.286. The number of hydrogen-bond acceptors (Lipinski definition) is 3. The van der Waals surface area contributed by atoms with Gasteiger partial charge in [0.1, 0.15) is 0 Å². The molecule has 0 fully saturated rings. The summed E-state index contributed by atoms with van der Waals surface area (Å²) >= 11 is 0. The molecule has 0 amide bonds. The second-order valence-corrected chi connectivity index (χ2v) is 4.82. The van der Waals surface area contributed by atoms with Gasteiger partial charge in [-0.15, -0.1) is 0 Å². The Hall–Kier alpha value is -2.30. The summed E-state index contributed by atoms with van der Waals surface area (Å²) in [6.45, 7) is 0.679. The molecule has 0 atom stereocenters. The summed E-state index contributed by atoms with van der Waals surface area (Å²) < 4.78 is 1.88. The summed E-state index contributed by atoms with van der Waals surface area (Å²) in [7, 11) is 0. The molecule has 5 nitrogen and oxygen atoms in total. The van der Waals surface area contributed by atoms with E-state index in [2.05, 4.69) is 28.3 Å². The highest BCUT2D eigenvalue weighted by Crippen LogP contribution is 2.23. The first kappa shape index (κ1) is 11.8. The van der Waals surface area contributed by atoms with E-state index >= 15 is 0 Å². The number of nitrogens with two attached hydrogens (primary N) is 1. The van der Waals surface area contributed by atoms with Crippen molar-refractivity contribution in [1.82, 2.24) is 9.55 Å². The molecule has 0 spiro atoms. The fourth-order valence-corrected chi connectivity index (χ4v) is 2.63. The van der Waals surface area contributed by atoms with Crippen LogP contribution in [-0.2, 0) is 19.4 Å². The monoisotopic (exact) mass is 256 g/mol. The fourth-order valence-electron chi connectivity index (χ4n) is 2.63. The summed E-state index contributed by atoms with van der Waals surface area (Å²) in [5, 5.41) is 11.7. The Morgan fingerprint density at radius 1 is 1.37 bits per heavy atom. The molecule has 0 saturated heterocycles. The van der Waals surface area contributed by atoms with Crippen molar-refractivity contribution in [2.75, 3.05) is 0 Å². The van der Waals surface area contributed by atoms with E-state index in [1.165, 1.54) is 36.0 Å². The van der Waals surface area contributed by atoms with E-state index in [1.807, 2.05) is 10.8 Å². The molecule has 0 saturated carbocycles. The number of nitrogens with zero attached hydrogens (tertiary/aromatic N) is 3. The molecule has 1 heterocycles. The van der Waals surface area contributed by atoms with Crippen LogP contribution >= 0.6 is 0 Å². The Kier molecular flexibility index (Phi) is 2.95. The van der Waals surface area contributed by atoms with Crippen LogP contribution in [0.1, 0.15) is 28.9 Å². The second-order valence-electron chi connectivity index (χ2n) is 4.82. The first-order chi connectivity index (χ1) is 9.28. The van der Waals surface area contributed by atoms with Crippen molar-refractivity contribution in [3.8, 4) is 0 Å². The lowest BCUT2D eigenvalue weighted by Crippen LogP contribution is -2.19. The third kappa shape index (κ3) is 2.19. The Bertz CT molecular complexity index is 630. The average molecular weight is 256 g/mol. The van der Waals surface area contributed by atoms with Crippen molar-refractivity contribution in [3.63, 3.8) is 0 Å². The van der Waals surface area contributed by atoms with E-state index in [0.717, 1.165) is 0 Å². The molecule has 0 bridgehead atoms. The van der Waals surface area contributed by atoms with Gasteiger partial charge in [-0.05, 0) is 36.0 Å². The Morgan fingerprint density at radius 3 is 3.05 bits per heavy atom. The summed E-state index contributed by atoms with van der Waals surface area (Å²) in [5.41, 5.74) is 9.72. The minimum absolute atomic E-state index is 0.0335. The Morgan fingerprint density at radius 2 is 2.21 bits per heavy atom. The molecule has 2 aromatic rings. The standard InChI is InChI=1S/C14H16N4O/c15-13(17-19)14-16-6-7-18(14)9-10-4-5-11-2-1-3-12(11)8-10/h4-8,19H,1-3,9H2,(H2,15,17). The van der Waals surface area contributed by atoms with E-state index in [-0.39, 0.29) is 5.84 Å². The predicted molar refractivity (Wildman–Crippen MR) is 72.3 cm³/mol. The number of imidazole rings is 1. The van der Waals surface area contributed by atoms with Crippen LogP contribution in [0.15, 0.2) is 35.7 Å². The topological polar surface area (TPSA) is 76.4 Å². The molecule has 1 aromatic carbocycles. The molecule has 19 heavy (non-hydrogen) atoms. The van der Waals surface area contributed by atoms with Crippen LogP contribution in [0.25, 0.3) is 0 Å². The number of rotatable bonds is 3. The van der Waals surface area contributed by atoms with Crippen molar-refractivity contribution in [3.05, 3.63) is 53.1 Å². The summed E-state index contributed by atoms with van der Waals surface area (Å²) in [4.78, 5) is 4.10. The van der Waals surface area contributed by atoms with Gasteiger partial charge < -0.3 is 15.5 Å². The van der Waals surface area contributed by atoms with Gasteiger partial charge >= 0.3 is 0 Å². The van der Waals surface area contributed by atoms with E-state index in [4.69, 9.17) is 10.9 Å². The van der Waals surface area contributed by atoms with Crippen LogP contribution in [0, 0.1) is 0 Å². The van der Waals surface area contributed by atoms with E-state index in [0.29, 0.717) is 12.4 Å². The van der Waals surface area contributed by atoms with Gasteiger partial charge in [-0.3, -0.25) is 0 Å². The molecule has 98 valence electrons. The summed E-state index contributed by atoms with van der Waals surface area (Å²) in [6.07, 6.45) is 7.09. The van der Waals surface area contributed by atoms with Gasteiger partial charge in [0.25, 0.3) is 0 Å². The highest BCUT2D eigenvalue weighted by Gasteiger charge is 2.12. The molecule has 0 radical (unpaired) electrons. The SMILES string of the molecule is NC(=NO)c1nccn1Cc1ccc2c(c1)CCC2. The van der Waals surface area contributed by atoms with Crippen LogP contribution < -0.4 is 5.73 Å². The zero-order valence-corrected chi connectivity index (χ0v) is 10.6. The number of fused-ring (bicyclic) bond motifs is 1. The third-order valence-corrected chi connectivity index (χ3v) is 3.57. The van der Waals surface area contributed by atoms with Crippen LogP contribution in [0.3, 0.4) is 0 Å². The molecule has 1 aliphatic rings. The summed E-state index contributed by atoms with van der Waals surface area (Å²) in [6, 6.07) is 6.59. The predicted octanol–water partition coefficient (Wildman–Crippen LogP) is 1.51. The van der Waals surface area contributed by atoms with Crippen LogP contribution in [0.2, 0.25) is 0 Å². The van der Waals surface area contributed by atoms with Gasteiger partial charge in [0.15, 0.2) is 5.82 Å². The minimum atomic E-state index is 0.0335. The number of oxime groups is 1. The van der Waals surface area contributed by atoms with Crippen LogP contribution in [0.4, 0.5) is 0 Å². The van der Waals surface area contributed by atoms with Crippen molar-refractivity contribution in [2.45, 2.75) is 25.8 Å².